The van der Waals surface area contributed by atoms with E-state index in [0.29, 0.717) is 22.0 Å². The van der Waals surface area contributed by atoms with E-state index in [4.69, 9.17) is 4.74 Å². The number of Topliss-reactive ketones (excluding diaryl/α,β-unsaturated/α-hetero) is 1. The number of carbonyl (C=O) groups is 3. The van der Waals surface area contributed by atoms with Crippen molar-refractivity contribution in [1.29, 1.82) is 0 Å². The minimum absolute atomic E-state index is 0.131. The standard InChI is InChI=1S/C20H24N2O4S2/c1-5-26-20(25)17-11(2)18(13(4)23)28-19(17)21-16(24)10-22-8-6-15-14(12(22)3)7-9-27-15/h7,9,12H,5-6,8,10H2,1-4H3,(H,21,24)/p+1/t12-/m0/s1. The highest BCUT2D eigenvalue weighted by molar-refractivity contribution is 7.18. The third-order valence-electron chi connectivity index (χ3n) is 5.12. The number of quaternary nitrogens is 1. The molecule has 0 aromatic carbocycles. The molecule has 3 heterocycles. The predicted molar refractivity (Wildman–Crippen MR) is 111 cm³/mol. The van der Waals surface area contributed by atoms with Gasteiger partial charge in [0.05, 0.1) is 23.6 Å². The number of hydrogen-bond donors (Lipinski definition) is 2. The number of thiophene rings is 2. The van der Waals surface area contributed by atoms with Gasteiger partial charge in [-0.05, 0) is 44.7 Å². The van der Waals surface area contributed by atoms with Gasteiger partial charge in [-0.25, -0.2) is 4.79 Å². The molecule has 1 aliphatic heterocycles. The van der Waals surface area contributed by atoms with Crippen LogP contribution in [0.15, 0.2) is 11.4 Å². The van der Waals surface area contributed by atoms with Gasteiger partial charge in [0.25, 0.3) is 5.91 Å². The molecular formula is C20H25N2O4S2+. The number of fused-ring (bicyclic) bond motifs is 1. The Morgan fingerprint density at radius 2 is 2.11 bits per heavy atom. The largest absolute Gasteiger partial charge is 0.462 e. The lowest BCUT2D eigenvalue weighted by molar-refractivity contribution is -0.923. The number of amides is 1. The van der Waals surface area contributed by atoms with Crippen LogP contribution in [-0.4, -0.2) is 37.4 Å². The Balaban J connectivity index is 1.77. The number of hydrogen-bond acceptors (Lipinski definition) is 6. The third kappa shape index (κ3) is 4.04. The number of esters is 1. The fourth-order valence-corrected chi connectivity index (χ4v) is 5.74. The molecule has 0 aliphatic carbocycles. The molecule has 0 bridgehead atoms. The van der Waals surface area contributed by atoms with Crippen molar-refractivity contribution in [2.75, 3.05) is 25.0 Å². The second-order valence-corrected chi connectivity index (χ2v) is 8.96. The van der Waals surface area contributed by atoms with Gasteiger partial charge < -0.3 is 15.0 Å². The van der Waals surface area contributed by atoms with Crippen LogP contribution in [0, 0.1) is 6.92 Å². The molecular weight excluding hydrogens is 396 g/mol. The predicted octanol–water partition coefficient (Wildman–Crippen LogP) is 2.64. The SMILES string of the molecule is CCOC(=O)c1c(NC(=O)C[NH+]2CCc3sccc3[C@@H]2C)sc(C(C)=O)c1C. The number of anilines is 1. The van der Waals surface area contributed by atoms with Crippen molar-refractivity contribution >= 4 is 45.3 Å². The van der Waals surface area contributed by atoms with E-state index in [1.807, 2.05) is 0 Å². The van der Waals surface area contributed by atoms with Crippen molar-refractivity contribution in [2.45, 2.75) is 40.2 Å². The summed E-state index contributed by atoms with van der Waals surface area (Å²) >= 11 is 2.91. The second-order valence-electron chi connectivity index (χ2n) is 6.94. The molecule has 2 aromatic heterocycles. The molecule has 0 radical (unpaired) electrons. The van der Waals surface area contributed by atoms with Crippen molar-refractivity contribution in [3.8, 4) is 0 Å². The van der Waals surface area contributed by atoms with E-state index in [1.54, 1.807) is 25.2 Å². The van der Waals surface area contributed by atoms with Crippen molar-refractivity contribution in [1.82, 2.24) is 0 Å². The molecule has 2 N–H and O–H groups in total. The second kappa shape index (κ2) is 8.55. The highest BCUT2D eigenvalue weighted by Gasteiger charge is 2.31. The third-order valence-corrected chi connectivity index (χ3v) is 7.42. The summed E-state index contributed by atoms with van der Waals surface area (Å²) in [6.07, 6.45) is 0.973. The van der Waals surface area contributed by atoms with Gasteiger partial charge in [-0.1, -0.05) is 0 Å². The quantitative estimate of drug-likeness (QED) is 0.555. The highest BCUT2D eigenvalue weighted by Crippen LogP contribution is 2.34. The first-order chi connectivity index (χ1) is 13.3. The summed E-state index contributed by atoms with van der Waals surface area (Å²) in [5.74, 6) is -0.808. The van der Waals surface area contributed by atoms with Crippen LogP contribution < -0.4 is 10.2 Å². The maximum Gasteiger partial charge on any atom is 0.341 e. The maximum absolute atomic E-state index is 12.7. The van der Waals surface area contributed by atoms with E-state index in [0.717, 1.165) is 24.3 Å². The Morgan fingerprint density at radius 3 is 2.79 bits per heavy atom. The van der Waals surface area contributed by atoms with Crippen molar-refractivity contribution in [3.05, 3.63) is 37.9 Å². The number of ether oxygens (including phenoxy) is 1. The summed E-state index contributed by atoms with van der Waals surface area (Å²) in [5.41, 5.74) is 2.16. The van der Waals surface area contributed by atoms with E-state index in [9.17, 15) is 14.4 Å². The van der Waals surface area contributed by atoms with Gasteiger partial charge in [0.1, 0.15) is 11.0 Å². The fourth-order valence-electron chi connectivity index (χ4n) is 3.66. The number of nitrogens with one attached hydrogen (secondary N) is 2. The van der Waals surface area contributed by atoms with Crippen LogP contribution in [0.5, 0.6) is 0 Å². The first kappa shape index (κ1) is 20.7. The van der Waals surface area contributed by atoms with E-state index in [-0.39, 0.29) is 29.9 Å². The lowest BCUT2D eigenvalue weighted by atomic mass is 10.0. The Morgan fingerprint density at radius 1 is 1.36 bits per heavy atom. The summed E-state index contributed by atoms with van der Waals surface area (Å²) in [7, 11) is 0. The summed E-state index contributed by atoms with van der Waals surface area (Å²) in [6.45, 7) is 8.47. The Hall–Kier alpha value is -2.03. The minimum atomic E-state index is -0.513. The zero-order chi connectivity index (χ0) is 20.4. The van der Waals surface area contributed by atoms with E-state index in [1.165, 1.54) is 22.3 Å². The molecule has 8 heteroatoms. The fraction of sp³-hybridized carbons (Fsp3) is 0.450. The van der Waals surface area contributed by atoms with Gasteiger partial charge in [-0.2, -0.15) is 0 Å². The molecule has 28 heavy (non-hydrogen) atoms. The summed E-state index contributed by atoms with van der Waals surface area (Å²) < 4.78 is 5.12. The zero-order valence-corrected chi connectivity index (χ0v) is 18.1. The number of carbonyl (C=O) groups excluding carboxylic acids is 3. The van der Waals surface area contributed by atoms with Crippen LogP contribution >= 0.6 is 22.7 Å². The molecule has 0 saturated carbocycles. The average molecular weight is 422 g/mol. The maximum atomic E-state index is 12.7. The van der Waals surface area contributed by atoms with Gasteiger partial charge in [0.2, 0.25) is 0 Å². The van der Waals surface area contributed by atoms with Gasteiger partial charge >= 0.3 is 5.97 Å². The molecule has 2 atom stereocenters. The lowest BCUT2D eigenvalue weighted by Gasteiger charge is -2.29. The number of ketones is 1. The zero-order valence-electron chi connectivity index (χ0n) is 16.5. The molecule has 0 fully saturated rings. The van der Waals surface area contributed by atoms with E-state index in [2.05, 4.69) is 23.7 Å². The van der Waals surface area contributed by atoms with Gasteiger partial charge in [0, 0.05) is 16.9 Å². The van der Waals surface area contributed by atoms with Gasteiger partial charge in [-0.3, -0.25) is 9.59 Å². The summed E-state index contributed by atoms with van der Waals surface area (Å²) in [5, 5.41) is 5.36. The van der Waals surface area contributed by atoms with Crippen LogP contribution in [0.3, 0.4) is 0 Å². The highest BCUT2D eigenvalue weighted by atomic mass is 32.1. The molecule has 1 aliphatic rings. The molecule has 1 amide bonds. The minimum Gasteiger partial charge on any atom is -0.462 e. The first-order valence-electron chi connectivity index (χ1n) is 9.35. The lowest BCUT2D eigenvalue weighted by Crippen LogP contribution is -3.14. The normalized spacial score (nSPS) is 18.4. The van der Waals surface area contributed by atoms with E-state index < -0.39 is 5.97 Å². The van der Waals surface area contributed by atoms with Crippen LogP contribution in [0.2, 0.25) is 0 Å². The van der Waals surface area contributed by atoms with E-state index >= 15 is 0 Å². The van der Waals surface area contributed by atoms with Crippen LogP contribution in [0.25, 0.3) is 0 Å². The topological polar surface area (TPSA) is 76.9 Å². The molecule has 3 rings (SSSR count). The molecule has 6 nitrogen and oxygen atoms in total. The van der Waals surface area contributed by atoms with Crippen molar-refractivity contribution in [2.24, 2.45) is 0 Å². The monoisotopic (exact) mass is 421 g/mol. The van der Waals surface area contributed by atoms with Crippen LogP contribution in [0.1, 0.15) is 62.8 Å². The smallest absolute Gasteiger partial charge is 0.341 e. The molecule has 150 valence electrons. The summed E-state index contributed by atoms with van der Waals surface area (Å²) in [4.78, 5) is 40.1. The van der Waals surface area contributed by atoms with Gasteiger partial charge in [-0.15, -0.1) is 22.7 Å². The average Bonchev–Trinajstić information content (AvgIpc) is 3.22. The van der Waals surface area contributed by atoms with Gasteiger partial charge in [0.15, 0.2) is 12.3 Å². The Labute approximate surface area is 172 Å². The molecule has 1 unspecified atom stereocenters. The molecule has 2 aromatic rings. The first-order valence-corrected chi connectivity index (χ1v) is 11.0. The Kier molecular flexibility index (Phi) is 6.32. The molecule has 0 saturated heterocycles. The number of rotatable bonds is 6. The Bertz CT molecular complexity index is 915. The van der Waals surface area contributed by atoms with Crippen molar-refractivity contribution in [3.63, 3.8) is 0 Å². The summed E-state index contributed by atoms with van der Waals surface area (Å²) in [6, 6.07) is 2.39. The molecule has 0 spiro atoms. The van der Waals surface area contributed by atoms with Crippen LogP contribution in [0.4, 0.5) is 5.00 Å². The van der Waals surface area contributed by atoms with Crippen LogP contribution in [-0.2, 0) is 16.0 Å². The van der Waals surface area contributed by atoms with Crippen molar-refractivity contribution < 1.29 is 24.0 Å².